The Labute approximate surface area is 161 Å². The fourth-order valence-electron chi connectivity index (χ4n) is 2.83. The van der Waals surface area contributed by atoms with E-state index >= 15 is 0 Å². The predicted octanol–water partition coefficient (Wildman–Crippen LogP) is 1.23. The van der Waals surface area contributed by atoms with E-state index in [0.29, 0.717) is 18.5 Å². The normalized spacial score (nSPS) is 17.4. The van der Waals surface area contributed by atoms with Gasteiger partial charge in [0.15, 0.2) is 0 Å². The van der Waals surface area contributed by atoms with E-state index in [1.54, 1.807) is 19.5 Å². The molecule has 1 aliphatic rings. The molecule has 3 rings (SSSR count). The Bertz CT molecular complexity index is 798. The Balaban J connectivity index is 1.72. The van der Waals surface area contributed by atoms with Gasteiger partial charge in [-0.1, -0.05) is 25.6 Å². The summed E-state index contributed by atoms with van der Waals surface area (Å²) in [5.41, 5.74) is 4.20. The first-order chi connectivity index (χ1) is 13.0. The van der Waals surface area contributed by atoms with Crippen molar-refractivity contribution < 1.29 is 4.74 Å². The number of nitrogens with zero attached hydrogens (tertiary/aromatic N) is 7. The summed E-state index contributed by atoms with van der Waals surface area (Å²) in [6.45, 7) is 9.51. The highest BCUT2D eigenvalue weighted by Gasteiger charge is 2.29. The van der Waals surface area contributed by atoms with E-state index in [9.17, 15) is 0 Å². The van der Waals surface area contributed by atoms with Crippen LogP contribution in [0.1, 0.15) is 5.56 Å². The van der Waals surface area contributed by atoms with Gasteiger partial charge in [-0.2, -0.15) is 0 Å². The lowest BCUT2D eigenvalue weighted by atomic mass is 10.2. The Morgan fingerprint density at radius 1 is 1.07 bits per heavy atom. The molecule has 0 aliphatic carbocycles. The number of rotatable bonds is 4. The molecule has 0 spiro atoms. The highest BCUT2D eigenvalue weighted by atomic mass is 28.3. The quantitative estimate of drug-likeness (QED) is 0.576. The van der Waals surface area contributed by atoms with E-state index in [4.69, 9.17) is 4.74 Å². The molecule has 3 heterocycles. The largest absolute Gasteiger partial charge is 0.382 e. The molecule has 0 aromatic carbocycles. The topological polar surface area (TPSA) is 80.2 Å². The summed E-state index contributed by atoms with van der Waals surface area (Å²) in [4.78, 5) is 25.8. The van der Waals surface area contributed by atoms with Gasteiger partial charge in [-0.05, 0) is 0 Å². The highest BCUT2D eigenvalue weighted by Crippen LogP contribution is 2.19. The zero-order chi connectivity index (χ0) is 19.3. The van der Waals surface area contributed by atoms with Gasteiger partial charge in [0.1, 0.15) is 20.7 Å². The number of hydrogen-bond donors (Lipinski definition) is 0. The lowest BCUT2D eigenvalue weighted by Gasteiger charge is -2.40. The standard InChI is InChI=1S/C18H25N7OSi/c1-26-12-16-11-24(6-7-25(16)18-22-13-19-14-23-18)17-20-9-15(10-21-17)5-8-27(2,3)4/h9-10,13-14,16H,6-7,11-12H2,1-4H3. The fourth-order valence-corrected chi connectivity index (χ4v) is 3.34. The maximum Gasteiger partial charge on any atom is 0.228 e. The molecule has 8 nitrogen and oxygen atoms in total. The van der Waals surface area contributed by atoms with Gasteiger partial charge in [0.05, 0.1) is 18.2 Å². The molecule has 0 bridgehead atoms. The molecule has 0 amide bonds. The summed E-state index contributed by atoms with van der Waals surface area (Å²) in [7, 11) is 0.295. The second-order valence-corrected chi connectivity index (χ2v) is 12.2. The van der Waals surface area contributed by atoms with Crippen LogP contribution in [0.25, 0.3) is 0 Å². The minimum atomic E-state index is -1.41. The van der Waals surface area contributed by atoms with Crippen molar-refractivity contribution in [3.63, 3.8) is 0 Å². The molecule has 27 heavy (non-hydrogen) atoms. The fraction of sp³-hybridized carbons (Fsp3) is 0.500. The lowest BCUT2D eigenvalue weighted by molar-refractivity contribution is 0.173. The third-order valence-electron chi connectivity index (χ3n) is 4.08. The van der Waals surface area contributed by atoms with Crippen LogP contribution in [0.2, 0.25) is 19.6 Å². The number of aromatic nitrogens is 5. The molecular formula is C18H25N7OSi. The number of ether oxygens (including phenoxy) is 1. The van der Waals surface area contributed by atoms with Crippen LogP contribution in [0.15, 0.2) is 25.0 Å². The third-order valence-corrected chi connectivity index (χ3v) is 4.96. The molecule has 1 unspecified atom stereocenters. The molecule has 2 aromatic heterocycles. The molecule has 1 saturated heterocycles. The second-order valence-electron chi connectivity index (χ2n) is 7.46. The van der Waals surface area contributed by atoms with Crippen LogP contribution in [-0.2, 0) is 4.74 Å². The van der Waals surface area contributed by atoms with E-state index in [1.165, 1.54) is 12.7 Å². The zero-order valence-corrected chi connectivity index (χ0v) is 17.3. The molecule has 1 aliphatic heterocycles. The van der Waals surface area contributed by atoms with Gasteiger partial charge in [-0.15, -0.1) is 5.54 Å². The first-order valence-corrected chi connectivity index (χ1v) is 12.4. The van der Waals surface area contributed by atoms with Crippen molar-refractivity contribution in [3.8, 4) is 11.5 Å². The van der Waals surface area contributed by atoms with Crippen molar-refractivity contribution in [2.24, 2.45) is 0 Å². The molecule has 2 aromatic rings. The maximum atomic E-state index is 5.41. The molecule has 0 saturated carbocycles. The van der Waals surface area contributed by atoms with Crippen molar-refractivity contribution in [2.45, 2.75) is 25.7 Å². The van der Waals surface area contributed by atoms with Crippen molar-refractivity contribution >= 4 is 20.0 Å². The third kappa shape index (κ3) is 5.21. The Morgan fingerprint density at radius 2 is 1.78 bits per heavy atom. The van der Waals surface area contributed by atoms with E-state index in [0.717, 1.165) is 25.2 Å². The molecule has 1 fully saturated rings. The van der Waals surface area contributed by atoms with Crippen molar-refractivity contribution in [2.75, 3.05) is 43.2 Å². The van der Waals surface area contributed by atoms with E-state index in [2.05, 4.69) is 65.8 Å². The van der Waals surface area contributed by atoms with Gasteiger partial charge in [0.2, 0.25) is 11.9 Å². The molecule has 0 radical (unpaired) electrons. The van der Waals surface area contributed by atoms with Crippen LogP contribution >= 0.6 is 0 Å². The Kier molecular flexibility index (Phi) is 5.98. The maximum absolute atomic E-state index is 5.41. The smallest absolute Gasteiger partial charge is 0.228 e. The average molecular weight is 384 g/mol. The van der Waals surface area contributed by atoms with E-state index in [1.807, 2.05) is 0 Å². The summed E-state index contributed by atoms with van der Waals surface area (Å²) >= 11 is 0. The van der Waals surface area contributed by atoms with Gasteiger partial charge in [-0.3, -0.25) is 0 Å². The highest BCUT2D eigenvalue weighted by molar-refractivity contribution is 6.83. The number of piperazine rings is 1. The van der Waals surface area contributed by atoms with Crippen molar-refractivity contribution in [1.29, 1.82) is 0 Å². The number of anilines is 2. The summed E-state index contributed by atoms with van der Waals surface area (Å²) in [6, 6.07) is 0.112. The van der Waals surface area contributed by atoms with Gasteiger partial charge in [0.25, 0.3) is 0 Å². The van der Waals surface area contributed by atoms with Crippen molar-refractivity contribution in [1.82, 2.24) is 24.9 Å². The predicted molar refractivity (Wildman–Crippen MR) is 107 cm³/mol. The molecule has 9 heteroatoms. The van der Waals surface area contributed by atoms with Crippen LogP contribution in [0.5, 0.6) is 0 Å². The van der Waals surface area contributed by atoms with Gasteiger partial charge >= 0.3 is 0 Å². The average Bonchev–Trinajstić information content (AvgIpc) is 2.67. The minimum Gasteiger partial charge on any atom is -0.382 e. The van der Waals surface area contributed by atoms with Crippen LogP contribution in [0.3, 0.4) is 0 Å². The lowest BCUT2D eigenvalue weighted by Crippen LogP contribution is -2.56. The summed E-state index contributed by atoms with van der Waals surface area (Å²) < 4.78 is 5.41. The zero-order valence-electron chi connectivity index (χ0n) is 16.3. The molecule has 142 valence electrons. The number of methoxy groups -OCH3 is 1. The van der Waals surface area contributed by atoms with Gasteiger partial charge in [0, 0.05) is 39.1 Å². The van der Waals surface area contributed by atoms with Crippen LogP contribution in [0, 0.1) is 11.5 Å². The SMILES string of the molecule is COCC1CN(c2ncc(C#C[Si](C)(C)C)cn2)CCN1c1ncncn1. The Hall–Kier alpha value is -2.57. The van der Waals surface area contributed by atoms with Gasteiger partial charge < -0.3 is 14.5 Å². The molecular weight excluding hydrogens is 358 g/mol. The minimum absolute atomic E-state index is 0.112. The second kappa shape index (κ2) is 8.41. The summed E-state index contributed by atoms with van der Waals surface area (Å²) in [6.07, 6.45) is 6.64. The van der Waals surface area contributed by atoms with E-state index in [-0.39, 0.29) is 6.04 Å². The molecule has 1 atom stereocenters. The number of hydrogen-bond acceptors (Lipinski definition) is 8. The van der Waals surface area contributed by atoms with E-state index < -0.39 is 8.07 Å². The van der Waals surface area contributed by atoms with Gasteiger partial charge in [-0.25, -0.2) is 24.9 Å². The first-order valence-electron chi connectivity index (χ1n) is 8.94. The van der Waals surface area contributed by atoms with Crippen LogP contribution in [-0.4, -0.2) is 72.4 Å². The van der Waals surface area contributed by atoms with Crippen molar-refractivity contribution in [3.05, 3.63) is 30.6 Å². The van der Waals surface area contributed by atoms with Crippen LogP contribution < -0.4 is 9.80 Å². The molecule has 0 N–H and O–H groups in total. The monoisotopic (exact) mass is 383 g/mol. The van der Waals surface area contributed by atoms with Crippen LogP contribution in [0.4, 0.5) is 11.9 Å². The first kappa shape index (κ1) is 19.2. The summed E-state index contributed by atoms with van der Waals surface area (Å²) in [5.74, 6) is 4.57. The summed E-state index contributed by atoms with van der Waals surface area (Å²) in [5, 5.41) is 0. The Morgan fingerprint density at radius 3 is 2.41 bits per heavy atom.